The number of benzene rings is 1. The van der Waals surface area contributed by atoms with Crippen molar-refractivity contribution >= 4 is 29.3 Å². The Hall–Kier alpha value is -3.56. The number of amides is 2. The Labute approximate surface area is 203 Å². The Morgan fingerprint density at radius 3 is 2.47 bits per heavy atom. The van der Waals surface area contributed by atoms with Crippen LogP contribution in [0.3, 0.4) is 0 Å². The molecule has 0 spiro atoms. The van der Waals surface area contributed by atoms with Crippen molar-refractivity contribution in [1.82, 2.24) is 25.4 Å². The van der Waals surface area contributed by atoms with Gasteiger partial charge in [-0.3, -0.25) is 14.5 Å². The molecule has 2 saturated heterocycles. The normalized spacial score (nSPS) is 19.7. The number of aliphatic hydroxyl groups is 1. The first kappa shape index (κ1) is 25.5. The van der Waals surface area contributed by atoms with Crippen molar-refractivity contribution in [3.63, 3.8) is 0 Å². The van der Waals surface area contributed by atoms with E-state index in [-0.39, 0.29) is 37.0 Å². The number of rotatable bonds is 7. The van der Waals surface area contributed by atoms with Gasteiger partial charge >= 0.3 is 12.1 Å². The van der Waals surface area contributed by atoms with Gasteiger partial charge in [-0.05, 0) is 24.1 Å². The number of aliphatic hydroxyl groups excluding tert-OH is 1. The second-order valence-electron chi connectivity index (χ2n) is 8.35. The number of carbonyl (C=O) groups excluding carboxylic acids is 2. The minimum absolute atomic E-state index is 0.0109. The number of halogens is 3. The summed E-state index contributed by atoms with van der Waals surface area (Å²) in [7, 11) is 0. The lowest BCUT2D eigenvalue weighted by atomic mass is 10.1. The average Bonchev–Trinajstić information content (AvgIpc) is 3.32. The van der Waals surface area contributed by atoms with Crippen molar-refractivity contribution in [1.29, 1.82) is 0 Å². The number of nitrogens with zero attached hydrogens (tertiary/aromatic N) is 5. The van der Waals surface area contributed by atoms with Gasteiger partial charge in [-0.25, -0.2) is 0 Å². The van der Waals surface area contributed by atoms with Gasteiger partial charge in [0.15, 0.2) is 11.5 Å². The standard InChI is InChI=1S/C21H25F3N8O4/c22-21(23,24)19(35)27-14-5-6-32(11-14)20-28-17(15(16(25)33)29-30-20)26-13-3-1-12(2-4-13)18(34)31-7-9-36-10-8-31/h1-4,14,18,34H,5-11H2,(H2,25,33)(H,27,35)(H,26,28,30)/t14-,18?/m1/s1. The number of morpholine rings is 1. The molecule has 1 unspecified atom stereocenters. The Morgan fingerprint density at radius 2 is 1.83 bits per heavy atom. The molecule has 4 rings (SSSR count). The zero-order valence-electron chi connectivity index (χ0n) is 19.0. The molecule has 0 aliphatic carbocycles. The Morgan fingerprint density at radius 1 is 1.14 bits per heavy atom. The quantitative estimate of drug-likeness (QED) is 0.408. The van der Waals surface area contributed by atoms with Crippen LogP contribution in [0.25, 0.3) is 0 Å². The van der Waals surface area contributed by atoms with Crippen molar-refractivity contribution in [2.75, 3.05) is 49.6 Å². The highest BCUT2D eigenvalue weighted by atomic mass is 19.4. The molecule has 1 aromatic carbocycles. The third-order valence-electron chi connectivity index (χ3n) is 5.84. The lowest BCUT2D eigenvalue weighted by Crippen LogP contribution is -2.44. The summed E-state index contributed by atoms with van der Waals surface area (Å²) in [4.78, 5) is 30.8. The Kier molecular flexibility index (Phi) is 7.51. The minimum Gasteiger partial charge on any atom is -0.379 e. The molecule has 0 bridgehead atoms. The highest BCUT2D eigenvalue weighted by Gasteiger charge is 2.41. The molecular weight excluding hydrogens is 485 g/mol. The molecule has 15 heteroatoms. The van der Waals surface area contributed by atoms with E-state index in [0.717, 1.165) is 0 Å². The largest absolute Gasteiger partial charge is 0.471 e. The summed E-state index contributed by atoms with van der Waals surface area (Å²) in [5.41, 5.74) is 6.37. The number of hydrogen-bond donors (Lipinski definition) is 4. The third-order valence-corrected chi connectivity index (χ3v) is 5.84. The van der Waals surface area contributed by atoms with Crippen molar-refractivity contribution in [2.45, 2.75) is 24.9 Å². The van der Waals surface area contributed by atoms with E-state index < -0.39 is 30.3 Å². The molecule has 5 N–H and O–H groups in total. The van der Waals surface area contributed by atoms with Crippen molar-refractivity contribution in [3.8, 4) is 0 Å². The molecule has 2 amide bonds. The molecule has 2 fully saturated rings. The maximum atomic E-state index is 12.5. The molecule has 194 valence electrons. The SMILES string of the molecule is NC(=O)c1nnc(N2CC[C@@H](NC(=O)C(F)(F)F)C2)nc1Nc1ccc(C(O)N2CCOCC2)cc1. The topological polar surface area (TPSA) is 159 Å². The molecule has 12 nitrogen and oxygen atoms in total. The van der Waals surface area contributed by atoms with E-state index in [2.05, 4.69) is 20.5 Å². The van der Waals surface area contributed by atoms with E-state index in [9.17, 15) is 27.9 Å². The zero-order valence-corrected chi connectivity index (χ0v) is 19.0. The van der Waals surface area contributed by atoms with Gasteiger partial charge in [-0.2, -0.15) is 18.2 Å². The van der Waals surface area contributed by atoms with Gasteiger partial charge in [-0.1, -0.05) is 12.1 Å². The first-order valence-corrected chi connectivity index (χ1v) is 11.2. The van der Waals surface area contributed by atoms with Crippen LogP contribution in [0.1, 0.15) is 28.7 Å². The van der Waals surface area contributed by atoms with E-state index in [1.165, 1.54) is 0 Å². The van der Waals surface area contributed by atoms with E-state index in [4.69, 9.17) is 10.5 Å². The second-order valence-corrected chi connectivity index (χ2v) is 8.35. The van der Waals surface area contributed by atoms with Crippen LogP contribution >= 0.6 is 0 Å². The first-order chi connectivity index (χ1) is 17.1. The number of alkyl halides is 3. The van der Waals surface area contributed by atoms with Crippen molar-refractivity contribution in [3.05, 3.63) is 35.5 Å². The summed E-state index contributed by atoms with van der Waals surface area (Å²) in [5, 5.41) is 23.2. The van der Waals surface area contributed by atoms with Gasteiger partial charge in [0.25, 0.3) is 5.91 Å². The molecule has 0 radical (unpaired) electrons. The van der Waals surface area contributed by atoms with Crippen LogP contribution in [0.4, 0.5) is 30.6 Å². The van der Waals surface area contributed by atoms with Crippen LogP contribution in [0, 0.1) is 0 Å². The zero-order chi connectivity index (χ0) is 25.9. The fourth-order valence-corrected chi connectivity index (χ4v) is 3.94. The highest BCUT2D eigenvalue weighted by molar-refractivity contribution is 5.96. The van der Waals surface area contributed by atoms with Crippen LogP contribution in [-0.4, -0.2) is 88.6 Å². The van der Waals surface area contributed by atoms with E-state index >= 15 is 0 Å². The number of ether oxygens (including phenoxy) is 1. The molecule has 36 heavy (non-hydrogen) atoms. The Balaban J connectivity index is 1.46. The monoisotopic (exact) mass is 510 g/mol. The number of hydrogen-bond acceptors (Lipinski definition) is 10. The predicted octanol–water partition coefficient (Wildman–Crippen LogP) is 0.294. The highest BCUT2D eigenvalue weighted by Crippen LogP contribution is 2.25. The van der Waals surface area contributed by atoms with Crippen LogP contribution in [0.15, 0.2) is 24.3 Å². The lowest BCUT2D eigenvalue weighted by molar-refractivity contribution is -0.174. The molecule has 2 aliphatic rings. The summed E-state index contributed by atoms with van der Waals surface area (Å²) in [5.74, 6) is -2.82. The summed E-state index contributed by atoms with van der Waals surface area (Å²) in [6.45, 7) is 2.61. The number of nitrogens with one attached hydrogen (secondary N) is 2. The molecule has 2 atom stereocenters. The van der Waals surface area contributed by atoms with Gasteiger partial charge in [0.1, 0.15) is 6.23 Å². The van der Waals surface area contributed by atoms with E-state index in [0.29, 0.717) is 37.6 Å². The van der Waals surface area contributed by atoms with Crippen molar-refractivity contribution in [2.24, 2.45) is 5.73 Å². The van der Waals surface area contributed by atoms with Gasteiger partial charge in [0.05, 0.1) is 13.2 Å². The molecule has 3 heterocycles. The summed E-state index contributed by atoms with van der Waals surface area (Å²) in [6.07, 6.45) is -5.52. The first-order valence-electron chi connectivity index (χ1n) is 11.2. The number of nitrogens with two attached hydrogens (primary N) is 1. The fraction of sp³-hybridized carbons (Fsp3) is 0.476. The van der Waals surface area contributed by atoms with Gasteiger partial charge < -0.3 is 31.1 Å². The average molecular weight is 510 g/mol. The van der Waals surface area contributed by atoms with Gasteiger partial charge in [-0.15, -0.1) is 10.2 Å². The predicted molar refractivity (Wildman–Crippen MR) is 120 cm³/mol. The van der Waals surface area contributed by atoms with Crippen LogP contribution in [0.5, 0.6) is 0 Å². The van der Waals surface area contributed by atoms with Crippen LogP contribution in [0.2, 0.25) is 0 Å². The van der Waals surface area contributed by atoms with Gasteiger partial charge in [0.2, 0.25) is 5.95 Å². The summed E-state index contributed by atoms with van der Waals surface area (Å²) < 4.78 is 42.9. The molecular formula is C21H25F3N8O4. The minimum atomic E-state index is -4.97. The van der Waals surface area contributed by atoms with Gasteiger partial charge in [0, 0.05) is 37.9 Å². The lowest BCUT2D eigenvalue weighted by Gasteiger charge is -2.31. The fourth-order valence-electron chi connectivity index (χ4n) is 3.94. The van der Waals surface area contributed by atoms with E-state index in [1.807, 2.05) is 10.2 Å². The maximum absolute atomic E-state index is 12.5. The second kappa shape index (κ2) is 10.6. The number of carbonyl (C=O) groups is 2. The van der Waals surface area contributed by atoms with Crippen LogP contribution in [-0.2, 0) is 9.53 Å². The van der Waals surface area contributed by atoms with Crippen LogP contribution < -0.4 is 21.3 Å². The molecule has 2 aromatic rings. The molecule has 1 aromatic heterocycles. The molecule has 0 saturated carbocycles. The third kappa shape index (κ3) is 5.98. The summed E-state index contributed by atoms with van der Waals surface area (Å²) in [6, 6.07) is 6.06. The number of anilines is 3. The summed E-state index contributed by atoms with van der Waals surface area (Å²) >= 11 is 0. The Bertz CT molecular complexity index is 1100. The number of aromatic nitrogens is 3. The number of primary amides is 1. The van der Waals surface area contributed by atoms with E-state index in [1.54, 1.807) is 29.2 Å². The van der Waals surface area contributed by atoms with Crippen molar-refractivity contribution < 1.29 is 32.6 Å². The molecule has 2 aliphatic heterocycles. The maximum Gasteiger partial charge on any atom is 0.471 e. The smallest absolute Gasteiger partial charge is 0.379 e.